The molecule has 0 atom stereocenters. The Labute approximate surface area is 96.3 Å². The molecule has 0 aromatic carbocycles. The first-order valence-electron chi connectivity index (χ1n) is 4.60. The van der Waals surface area contributed by atoms with Crippen LogP contribution < -0.4 is 5.73 Å². The standard InChI is InChI=1S/C10H11BrN4/c11-9-3-8(5-13-6-9)7-15-2-1-10(4-12)14-15/h1-3,5-6H,4,7,12H2. The van der Waals surface area contributed by atoms with Crippen molar-refractivity contribution in [3.05, 3.63) is 46.5 Å². The molecule has 0 bridgehead atoms. The molecule has 4 nitrogen and oxygen atoms in total. The molecule has 0 amide bonds. The zero-order valence-electron chi connectivity index (χ0n) is 8.10. The number of aromatic nitrogens is 3. The van der Waals surface area contributed by atoms with Crippen LogP contribution in [0.4, 0.5) is 0 Å². The van der Waals surface area contributed by atoms with Gasteiger partial charge in [-0.25, -0.2) is 0 Å². The number of pyridine rings is 1. The van der Waals surface area contributed by atoms with E-state index in [9.17, 15) is 0 Å². The predicted octanol–water partition coefficient (Wildman–Crippen LogP) is 1.55. The summed E-state index contributed by atoms with van der Waals surface area (Å²) < 4.78 is 2.83. The number of hydrogen-bond acceptors (Lipinski definition) is 3. The van der Waals surface area contributed by atoms with E-state index in [0.717, 1.165) is 15.7 Å². The van der Waals surface area contributed by atoms with Gasteiger partial charge in [-0.15, -0.1) is 0 Å². The first-order valence-corrected chi connectivity index (χ1v) is 5.39. The van der Waals surface area contributed by atoms with Crippen LogP contribution >= 0.6 is 15.9 Å². The van der Waals surface area contributed by atoms with Gasteiger partial charge in [0.2, 0.25) is 0 Å². The topological polar surface area (TPSA) is 56.7 Å². The highest BCUT2D eigenvalue weighted by atomic mass is 79.9. The van der Waals surface area contributed by atoms with E-state index in [1.165, 1.54) is 0 Å². The van der Waals surface area contributed by atoms with E-state index < -0.39 is 0 Å². The second-order valence-electron chi connectivity index (χ2n) is 3.22. The highest BCUT2D eigenvalue weighted by Gasteiger charge is 1.99. The minimum atomic E-state index is 0.476. The van der Waals surface area contributed by atoms with Crippen molar-refractivity contribution in [3.8, 4) is 0 Å². The minimum Gasteiger partial charge on any atom is -0.325 e. The highest BCUT2D eigenvalue weighted by Crippen LogP contribution is 2.10. The molecule has 2 N–H and O–H groups in total. The summed E-state index contributed by atoms with van der Waals surface area (Å²) in [6.45, 7) is 1.19. The molecule has 0 fully saturated rings. The zero-order valence-corrected chi connectivity index (χ0v) is 9.68. The SMILES string of the molecule is NCc1ccn(Cc2cncc(Br)c2)n1. The number of nitrogens with two attached hydrogens (primary N) is 1. The van der Waals surface area contributed by atoms with Gasteiger partial charge in [0.05, 0.1) is 12.2 Å². The van der Waals surface area contributed by atoms with E-state index in [2.05, 4.69) is 26.0 Å². The van der Waals surface area contributed by atoms with Crippen molar-refractivity contribution < 1.29 is 0 Å². The second kappa shape index (κ2) is 4.55. The van der Waals surface area contributed by atoms with Gasteiger partial charge in [0.15, 0.2) is 0 Å². The summed E-state index contributed by atoms with van der Waals surface area (Å²) in [6, 6.07) is 3.95. The average Bonchev–Trinajstić information content (AvgIpc) is 2.65. The Bertz CT molecular complexity index is 452. The van der Waals surface area contributed by atoms with Gasteiger partial charge >= 0.3 is 0 Å². The van der Waals surface area contributed by atoms with Crippen LogP contribution in [-0.2, 0) is 13.1 Å². The molecule has 78 valence electrons. The van der Waals surface area contributed by atoms with Crippen LogP contribution in [0, 0.1) is 0 Å². The van der Waals surface area contributed by atoms with Crippen LogP contribution in [0.25, 0.3) is 0 Å². The first kappa shape index (κ1) is 10.3. The second-order valence-corrected chi connectivity index (χ2v) is 4.14. The average molecular weight is 267 g/mol. The molecule has 0 unspecified atom stereocenters. The van der Waals surface area contributed by atoms with Crippen LogP contribution in [-0.4, -0.2) is 14.8 Å². The summed E-state index contributed by atoms with van der Waals surface area (Å²) in [5.74, 6) is 0. The summed E-state index contributed by atoms with van der Waals surface area (Å²) in [5, 5.41) is 4.30. The molecule has 2 aromatic heterocycles. The third-order valence-electron chi connectivity index (χ3n) is 2.01. The van der Waals surface area contributed by atoms with Crippen molar-refractivity contribution in [1.29, 1.82) is 0 Å². The Hall–Kier alpha value is -1.20. The Kier molecular flexibility index (Phi) is 3.13. The fraction of sp³-hybridized carbons (Fsp3) is 0.200. The smallest absolute Gasteiger partial charge is 0.0760 e. The highest BCUT2D eigenvalue weighted by molar-refractivity contribution is 9.10. The summed E-state index contributed by atoms with van der Waals surface area (Å²) in [5.41, 5.74) is 7.49. The van der Waals surface area contributed by atoms with Gasteiger partial charge in [-0.3, -0.25) is 9.67 Å². The van der Waals surface area contributed by atoms with Gasteiger partial charge in [-0.2, -0.15) is 5.10 Å². The van der Waals surface area contributed by atoms with E-state index in [-0.39, 0.29) is 0 Å². The van der Waals surface area contributed by atoms with Crippen molar-refractivity contribution in [2.75, 3.05) is 0 Å². The summed E-state index contributed by atoms with van der Waals surface area (Å²) in [7, 11) is 0. The lowest BCUT2D eigenvalue weighted by Crippen LogP contribution is -2.03. The normalized spacial score (nSPS) is 10.5. The van der Waals surface area contributed by atoms with Gasteiger partial charge in [0.25, 0.3) is 0 Å². The van der Waals surface area contributed by atoms with Crippen LogP contribution in [0.5, 0.6) is 0 Å². The van der Waals surface area contributed by atoms with Gasteiger partial charge in [0, 0.05) is 29.6 Å². The quantitative estimate of drug-likeness (QED) is 0.917. The molecule has 15 heavy (non-hydrogen) atoms. The van der Waals surface area contributed by atoms with Crippen LogP contribution in [0.2, 0.25) is 0 Å². The van der Waals surface area contributed by atoms with Crippen LogP contribution in [0.3, 0.4) is 0 Å². The molecule has 0 aliphatic carbocycles. The van der Waals surface area contributed by atoms with E-state index in [0.29, 0.717) is 13.1 Å². The minimum absolute atomic E-state index is 0.476. The molecule has 0 saturated heterocycles. The predicted molar refractivity (Wildman–Crippen MR) is 61.2 cm³/mol. The van der Waals surface area contributed by atoms with Gasteiger partial charge < -0.3 is 5.73 Å². The monoisotopic (exact) mass is 266 g/mol. The van der Waals surface area contributed by atoms with Crippen molar-refractivity contribution in [2.45, 2.75) is 13.1 Å². The van der Waals surface area contributed by atoms with Crippen molar-refractivity contribution in [2.24, 2.45) is 5.73 Å². The largest absolute Gasteiger partial charge is 0.325 e. The van der Waals surface area contributed by atoms with E-state index in [1.54, 1.807) is 6.20 Å². The maximum Gasteiger partial charge on any atom is 0.0760 e. The molecule has 2 aromatic rings. The summed E-state index contributed by atoms with van der Waals surface area (Å²) >= 11 is 3.38. The molecule has 0 spiro atoms. The molecule has 0 saturated carbocycles. The number of hydrogen-bond donors (Lipinski definition) is 1. The van der Waals surface area contributed by atoms with Crippen molar-refractivity contribution in [3.63, 3.8) is 0 Å². The van der Waals surface area contributed by atoms with Gasteiger partial charge in [0.1, 0.15) is 0 Å². The van der Waals surface area contributed by atoms with Crippen molar-refractivity contribution in [1.82, 2.24) is 14.8 Å². The van der Waals surface area contributed by atoms with Gasteiger partial charge in [-0.1, -0.05) is 0 Å². The molecular formula is C10H11BrN4. The maximum absolute atomic E-state index is 5.48. The Morgan fingerprint density at radius 2 is 2.27 bits per heavy atom. The van der Waals surface area contributed by atoms with Crippen LogP contribution in [0.15, 0.2) is 35.2 Å². The Morgan fingerprint density at radius 1 is 1.40 bits per heavy atom. The molecule has 2 heterocycles. The van der Waals surface area contributed by atoms with Crippen molar-refractivity contribution >= 4 is 15.9 Å². The molecule has 0 aliphatic heterocycles. The lowest BCUT2D eigenvalue weighted by molar-refractivity contribution is 0.670. The van der Waals surface area contributed by atoms with E-state index in [1.807, 2.05) is 29.2 Å². The molecule has 5 heteroatoms. The Morgan fingerprint density at radius 3 is 2.93 bits per heavy atom. The zero-order chi connectivity index (χ0) is 10.7. The molecule has 2 rings (SSSR count). The third-order valence-corrected chi connectivity index (χ3v) is 2.44. The molecule has 0 radical (unpaired) electrons. The Balaban J connectivity index is 2.14. The molecule has 0 aliphatic rings. The van der Waals surface area contributed by atoms with E-state index in [4.69, 9.17) is 5.73 Å². The number of halogens is 1. The molecular weight excluding hydrogens is 256 g/mol. The maximum atomic E-state index is 5.48. The van der Waals surface area contributed by atoms with E-state index >= 15 is 0 Å². The number of nitrogens with zero attached hydrogens (tertiary/aromatic N) is 3. The van der Waals surface area contributed by atoms with Gasteiger partial charge in [-0.05, 0) is 33.6 Å². The number of rotatable bonds is 3. The van der Waals surface area contributed by atoms with Crippen LogP contribution in [0.1, 0.15) is 11.3 Å². The lowest BCUT2D eigenvalue weighted by atomic mass is 10.3. The third kappa shape index (κ3) is 2.64. The first-order chi connectivity index (χ1) is 7.28. The summed E-state index contributed by atoms with van der Waals surface area (Å²) in [4.78, 5) is 4.09. The lowest BCUT2D eigenvalue weighted by Gasteiger charge is -2.01. The fourth-order valence-corrected chi connectivity index (χ4v) is 1.74. The summed E-state index contributed by atoms with van der Waals surface area (Å²) in [6.07, 6.45) is 5.51. The fourth-order valence-electron chi connectivity index (χ4n) is 1.33.